The van der Waals surface area contributed by atoms with E-state index in [9.17, 15) is 9.59 Å². The van der Waals surface area contributed by atoms with Crippen LogP contribution in [0.2, 0.25) is 5.02 Å². The number of amides is 2. The van der Waals surface area contributed by atoms with Crippen molar-refractivity contribution in [3.05, 3.63) is 29.3 Å². The summed E-state index contributed by atoms with van der Waals surface area (Å²) in [6.45, 7) is 0. The van der Waals surface area contributed by atoms with Crippen molar-refractivity contribution in [1.29, 1.82) is 0 Å². The molecule has 0 spiro atoms. The van der Waals surface area contributed by atoms with E-state index in [2.05, 4.69) is 10.6 Å². The summed E-state index contributed by atoms with van der Waals surface area (Å²) in [5.41, 5.74) is -0.127. The molecule has 5 heteroatoms. The Morgan fingerprint density at radius 3 is 2.63 bits per heavy atom. The van der Waals surface area contributed by atoms with Crippen molar-refractivity contribution in [2.24, 2.45) is 0 Å². The number of rotatable bonds is 4. The number of halogens is 1. The normalized spacial score (nSPS) is 17.5. The Balaban J connectivity index is 2.13. The SMILES string of the molecule is O=CNC1(C(=O)Nc2cccc(Cl)c2)CCCCC1. The summed E-state index contributed by atoms with van der Waals surface area (Å²) < 4.78 is 0. The van der Waals surface area contributed by atoms with Gasteiger partial charge in [0.25, 0.3) is 0 Å². The quantitative estimate of drug-likeness (QED) is 0.833. The van der Waals surface area contributed by atoms with Gasteiger partial charge in [-0.05, 0) is 31.0 Å². The number of hydrogen-bond donors (Lipinski definition) is 2. The summed E-state index contributed by atoms with van der Waals surface area (Å²) in [7, 11) is 0. The highest BCUT2D eigenvalue weighted by molar-refractivity contribution is 6.30. The molecule has 1 aromatic carbocycles. The molecule has 0 atom stereocenters. The summed E-state index contributed by atoms with van der Waals surface area (Å²) in [5, 5.41) is 6.11. The van der Waals surface area contributed by atoms with Gasteiger partial charge in [-0.3, -0.25) is 9.59 Å². The Morgan fingerprint density at radius 1 is 1.26 bits per heavy atom. The third-order valence-electron chi connectivity index (χ3n) is 3.56. The summed E-state index contributed by atoms with van der Waals surface area (Å²) in [6.07, 6.45) is 4.97. The van der Waals surface area contributed by atoms with Gasteiger partial charge in [-0.15, -0.1) is 0 Å². The van der Waals surface area contributed by atoms with E-state index < -0.39 is 5.54 Å². The van der Waals surface area contributed by atoms with E-state index in [-0.39, 0.29) is 5.91 Å². The van der Waals surface area contributed by atoms with Gasteiger partial charge in [0.1, 0.15) is 5.54 Å². The molecule has 0 radical (unpaired) electrons. The van der Waals surface area contributed by atoms with Crippen molar-refractivity contribution < 1.29 is 9.59 Å². The molecule has 1 aliphatic rings. The van der Waals surface area contributed by atoms with Crippen molar-refractivity contribution in [3.8, 4) is 0 Å². The fraction of sp³-hybridized carbons (Fsp3) is 0.429. The second kappa shape index (κ2) is 6.06. The molecule has 0 saturated heterocycles. The third-order valence-corrected chi connectivity index (χ3v) is 3.79. The van der Waals surface area contributed by atoms with E-state index in [0.717, 1.165) is 19.3 Å². The number of carbonyl (C=O) groups is 2. The molecule has 1 saturated carbocycles. The van der Waals surface area contributed by atoms with Gasteiger partial charge in [0.2, 0.25) is 12.3 Å². The zero-order chi connectivity index (χ0) is 13.7. The Kier molecular flexibility index (Phi) is 4.43. The fourth-order valence-corrected chi connectivity index (χ4v) is 2.71. The maximum atomic E-state index is 12.4. The van der Waals surface area contributed by atoms with E-state index in [0.29, 0.717) is 30.0 Å². The van der Waals surface area contributed by atoms with Gasteiger partial charge in [-0.1, -0.05) is 36.9 Å². The molecule has 0 aromatic heterocycles. The van der Waals surface area contributed by atoms with Gasteiger partial charge in [0.15, 0.2) is 0 Å². The molecule has 1 aliphatic carbocycles. The van der Waals surface area contributed by atoms with Gasteiger partial charge >= 0.3 is 0 Å². The van der Waals surface area contributed by atoms with Gasteiger partial charge in [0.05, 0.1) is 0 Å². The molecule has 2 amide bonds. The van der Waals surface area contributed by atoms with Crippen LogP contribution in [0, 0.1) is 0 Å². The maximum absolute atomic E-state index is 12.4. The standard InChI is InChI=1S/C14H17ClN2O2/c15-11-5-4-6-12(9-11)17-13(19)14(16-10-18)7-2-1-3-8-14/h4-6,9-10H,1-3,7-8H2,(H,16,18)(H,17,19). The minimum atomic E-state index is -0.775. The molecular weight excluding hydrogens is 264 g/mol. The largest absolute Gasteiger partial charge is 0.344 e. The molecule has 2 rings (SSSR count). The molecule has 1 fully saturated rings. The van der Waals surface area contributed by atoms with E-state index in [1.54, 1.807) is 24.3 Å². The van der Waals surface area contributed by atoms with E-state index in [1.165, 1.54) is 0 Å². The molecule has 2 N–H and O–H groups in total. The van der Waals surface area contributed by atoms with E-state index in [1.807, 2.05) is 0 Å². The number of benzene rings is 1. The zero-order valence-corrected chi connectivity index (χ0v) is 11.4. The number of nitrogens with one attached hydrogen (secondary N) is 2. The predicted octanol–water partition coefficient (Wildman–Crippen LogP) is 2.73. The van der Waals surface area contributed by atoms with E-state index in [4.69, 9.17) is 11.6 Å². The first kappa shape index (κ1) is 13.9. The van der Waals surface area contributed by atoms with Gasteiger partial charge < -0.3 is 10.6 Å². The minimum Gasteiger partial charge on any atom is -0.344 e. The van der Waals surface area contributed by atoms with Crippen LogP contribution in [-0.2, 0) is 9.59 Å². The summed E-state index contributed by atoms with van der Waals surface area (Å²) >= 11 is 5.89. The number of anilines is 1. The first-order valence-corrected chi connectivity index (χ1v) is 6.82. The molecular formula is C14H17ClN2O2. The lowest BCUT2D eigenvalue weighted by atomic mass is 9.81. The molecule has 0 bridgehead atoms. The first-order valence-electron chi connectivity index (χ1n) is 6.45. The lowest BCUT2D eigenvalue weighted by Gasteiger charge is -2.35. The van der Waals surface area contributed by atoms with Gasteiger partial charge in [0, 0.05) is 10.7 Å². The van der Waals surface area contributed by atoms with Gasteiger partial charge in [-0.2, -0.15) is 0 Å². The highest BCUT2D eigenvalue weighted by Crippen LogP contribution is 2.29. The predicted molar refractivity (Wildman–Crippen MR) is 75.1 cm³/mol. The minimum absolute atomic E-state index is 0.165. The van der Waals surface area contributed by atoms with Crippen LogP contribution >= 0.6 is 11.6 Å². The number of hydrogen-bond acceptors (Lipinski definition) is 2. The zero-order valence-electron chi connectivity index (χ0n) is 10.6. The maximum Gasteiger partial charge on any atom is 0.250 e. The molecule has 0 aliphatic heterocycles. The highest BCUT2D eigenvalue weighted by atomic mass is 35.5. The Hall–Kier alpha value is -1.55. The van der Waals surface area contributed by atoms with Crippen LogP contribution < -0.4 is 10.6 Å². The Bertz CT molecular complexity index is 470. The fourth-order valence-electron chi connectivity index (χ4n) is 2.52. The number of carbonyl (C=O) groups excluding carboxylic acids is 2. The molecule has 102 valence electrons. The first-order chi connectivity index (χ1) is 9.16. The lowest BCUT2D eigenvalue weighted by Crippen LogP contribution is -2.55. The summed E-state index contributed by atoms with van der Waals surface area (Å²) in [4.78, 5) is 23.2. The molecule has 19 heavy (non-hydrogen) atoms. The van der Waals surface area contributed by atoms with Gasteiger partial charge in [-0.25, -0.2) is 0 Å². The lowest BCUT2D eigenvalue weighted by molar-refractivity contribution is -0.127. The monoisotopic (exact) mass is 280 g/mol. The van der Waals surface area contributed by atoms with Crippen LogP contribution in [0.15, 0.2) is 24.3 Å². The molecule has 1 aromatic rings. The van der Waals surface area contributed by atoms with Crippen LogP contribution in [0.5, 0.6) is 0 Å². The van der Waals surface area contributed by atoms with Crippen LogP contribution in [0.25, 0.3) is 0 Å². The van der Waals surface area contributed by atoms with E-state index >= 15 is 0 Å². The van der Waals surface area contributed by atoms with Crippen LogP contribution in [0.3, 0.4) is 0 Å². The summed E-state index contributed by atoms with van der Waals surface area (Å²) in [6, 6.07) is 6.99. The average molecular weight is 281 g/mol. The molecule has 4 nitrogen and oxygen atoms in total. The van der Waals surface area contributed by atoms with Crippen molar-refractivity contribution >= 4 is 29.6 Å². The average Bonchev–Trinajstić information content (AvgIpc) is 2.40. The van der Waals surface area contributed by atoms with Crippen LogP contribution in [0.4, 0.5) is 5.69 Å². The second-order valence-corrected chi connectivity index (χ2v) is 5.31. The second-order valence-electron chi connectivity index (χ2n) is 4.87. The van der Waals surface area contributed by atoms with Crippen molar-refractivity contribution in [3.63, 3.8) is 0 Å². The molecule has 0 unspecified atom stereocenters. The topological polar surface area (TPSA) is 58.2 Å². The van der Waals surface area contributed by atoms with Crippen molar-refractivity contribution in [2.45, 2.75) is 37.6 Å². The van der Waals surface area contributed by atoms with Crippen LogP contribution in [-0.4, -0.2) is 17.9 Å². The Labute approximate surface area is 117 Å². The smallest absolute Gasteiger partial charge is 0.250 e. The van der Waals surface area contributed by atoms with Crippen LogP contribution in [0.1, 0.15) is 32.1 Å². The third kappa shape index (κ3) is 3.26. The Morgan fingerprint density at radius 2 is 2.00 bits per heavy atom. The molecule has 0 heterocycles. The van der Waals surface area contributed by atoms with Crippen molar-refractivity contribution in [1.82, 2.24) is 5.32 Å². The highest BCUT2D eigenvalue weighted by Gasteiger charge is 2.39. The van der Waals surface area contributed by atoms with Crippen molar-refractivity contribution in [2.75, 3.05) is 5.32 Å². The summed E-state index contributed by atoms with van der Waals surface area (Å²) in [5.74, 6) is -0.165.